The molecule has 0 N–H and O–H groups in total. The van der Waals surface area contributed by atoms with Crippen LogP contribution in [0.2, 0.25) is 0 Å². The van der Waals surface area contributed by atoms with Gasteiger partial charge in [0.05, 0.1) is 0 Å². The monoisotopic (exact) mass is 135 g/mol. The molecule has 0 aliphatic rings. The normalized spacial score (nSPS) is 10.4. The summed E-state index contributed by atoms with van der Waals surface area (Å²) in [6.45, 7) is 3.34. The fraction of sp³-hybridized carbons (Fsp3) is 0. The van der Waals surface area contributed by atoms with E-state index < -0.39 is 0 Å². The molecule has 0 amide bonds. The molecule has 0 unspecified atom stereocenters. The molecule has 0 spiro atoms. The van der Waals surface area contributed by atoms with Gasteiger partial charge in [0.1, 0.15) is 11.8 Å². The lowest BCUT2D eigenvalue weighted by Gasteiger charge is -1.76. The van der Waals surface area contributed by atoms with E-state index in [2.05, 4.69) is 16.8 Å². The first-order valence-electron chi connectivity index (χ1n) is 2.80. The van der Waals surface area contributed by atoms with Crippen molar-refractivity contribution in [3.8, 4) is 0 Å². The van der Waals surface area contributed by atoms with Crippen molar-refractivity contribution in [3.63, 3.8) is 0 Å². The van der Waals surface area contributed by atoms with E-state index >= 15 is 0 Å². The predicted molar refractivity (Wildman–Crippen MR) is 36.7 cm³/mol. The molecule has 4 heteroatoms. The number of fused-ring (bicyclic) bond motifs is 1. The van der Waals surface area contributed by atoms with Crippen LogP contribution in [0.15, 0.2) is 27.9 Å². The lowest BCUT2D eigenvalue weighted by molar-refractivity contribution is 0.339. The summed E-state index contributed by atoms with van der Waals surface area (Å²) < 4.78 is 6.31. The molecular weight excluding hydrogens is 130 g/mol. The summed E-state index contributed by atoms with van der Waals surface area (Å²) >= 11 is 0. The Hall–Kier alpha value is -1.58. The first-order chi connectivity index (χ1) is 4.90. The van der Waals surface area contributed by atoms with Crippen molar-refractivity contribution < 1.29 is 4.52 Å². The minimum Gasteiger partial charge on any atom is -0.365 e. The molecule has 0 radical (unpaired) electrons. The van der Waals surface area contributed by atoms with E-state index in [1.165, 1.54) is 4.69 Å². The molecule has 0 fully saturated rings. The van der Waals surface area contributed by atoms with Gasteiger partial charge in [-0.1, -0.05) is 4.69 Å². The number of aliphatic imine (C=N–C) groups is 1. The maximum atomic E-state index is 4.92. The number of hydrogen-bond donors (Lipinski definition) is 0. The Morgan fingerprint density at radius 2 is 2.60 bits per heavy atom. The second-order valence-corrected chi connectivity index (χ2v) is 1.87. The van der Waals surface area contributed by atoms with Gasteiger partial charge < -0.3 is 4.52 Å². The Labute approximate surface area is 56.7 Å². The quantitative estimate of drug-likeness (QED) is 0.552. The third-order valence-corrected chi connectivity index (χ3v) is 1.25. The van der Waals surface area contributed by atoms with Crippen LogP contribution in [0.25, 0.3) is 5.52 Å². The minimum atomic E-state index is 0.583. The zero-order chi connectivity index (χ0) is 6.97. The van der Waals surface area contributed by atoms with Gasteiger partial charge in [0.15, 0.2) is 5.82 Å². The van der Waals surface area contributed by atoms with Gasteiger partial charge in [0.2, 0.25) is 0 Å². The van der Waals surface area contributed by atoms with Crippen molar-refractivity contribution >= 4 is 18.1 Å². The van der Waals surface area contributed by atoms with Crippen molar-refractivity contribution in [2.24, 2.45) is 4.99 Å². The van der Waals surface area contributed by atoms with Crippen LogP contribution in [-0.2, 0) is 0 Å². The standard InChI is InChI=1S/C6H5N3O/c1-7-6-4-5-2-3-10-9(5)8-6/h2-4H,1H2. The summed E-state index contributed by atoms with van der Waals surface area (Å²) in [6, 6.07) is 3.60. The lowest BCUT2D eigenvalue weighted by Crippen LogP contribution is -1.75. The number of aromatic nitrogens is 2. The number of nitrogens with zero attached hydrogens (tertiary/aromatic N) is 3. The van der Waals surface area contributed by atoms with E-state index in [4.69, 9.17) is 4.52 Å². The smallest absolute Gasteiger partial charge is 0.177 e. The maximum Gasteiger partial charge on any atom is 0.177 e. The molecule has 10 heavy (non-hydrogen) atoms. The highest BCUT2D eigenvalue weighted by Gasteiger charge is 1.98. The SMILES string of the molecule is C=Nc1cc2ccon2n1. The third kappa shape index (κ3) is 0.556. The van der Waals surface area contributed by atoms with Crippen LogP contribution in [0.1, 0.15) is 0 Å². The molecule has 0 saturated heterocycles. The highest BCUT2D eigenvalue weighted by molar-refractivity contribution is 5.53. The maximum absolute atomic E-state index is 4.92. The van der Waals surface area contributed by atoms with Crippen LogP contribution in [0.3, 0.4) is 0 Å². The van der Waals surface area contributed by atoms with Crippen molar-refractivity contribution in [3.05, 3.63) is 18.4 Å². The van der Waals surface area contributed by atoms with Crippen LogP contribution in [-0.4, -0.2) is 16.5 Å². The zero-order valence-electron chi connectivity index (χ0n) is 5.19. The van der Waals surface area contributed by atoms with Gasteiger partial charge in [0.25, 0.3) is 0 Å². The van der Waals surface area contributed by atoms with Crippen molar-refractivity contribution in [2.75, 3.05) is 0 Å². The first-order valence-corrected chi connectivity index (χ1v) is 2.80. The average molecular weight is 135 g/mol. The lowest BCUT2D eigenvalue weighted by atomic mass is 10.5. The van der Waals surface area contributed by atoms with E-state index in [1.54, 1.807) is 12.3 Å². The van der Waals surface area contributed by atoms with E-state index in [-0.39, 0.29) is 0 Å². The fourth-order valence-electron chi connectivity index (χ4n) is 0.799. The van der Waals surface area contributed by atoms with Gasteiger partial charge in [-0.2, -0.15) is 0 Å². The minimum absolute atomic E-state index is 0.583. The summed E-state index contributed by atoms with van der Waals surface area (Å²) in [4.78, 5) is 3.64. The molecule has 0 bridgehead atoms. The van der Waals surface area contributed by atoms with Crippen molar-refractivity contribution in [1.82, 2.24) is 9.79 Å². The molecule has 0 aliphatic carbocycles. The van der Waals surface area contributed by atoms with E-state index in [9.17, 15) is 0 Å². The molecule has 0 saturated carbocycles. The summed E-state index contributed by atoms with van der Waals surface area (Å²) in [6.07, 6.45) is 1.56. The third-order valence-electron chi connectivity index (χ3n) is 1.25. The summed E-state index contributed by atoms with van der Waals surface area (Å²) in [5.74, 6) is 0.583. The van der Waals surface area contributed by atoms with Crippen molar-refractivity contribution in [2.45, 2.75) is 0 Å². The molecule has 0 aromatic carbocycles. The topological polar surface area (TPSA) is 42.8 Å². The molecule has 0 aliphatic heterocycles. The number of rotatable bonds is 1. The van der Waals surface area contributed by atoms with Crippen LogP contribution in [0, 0.1) is 0 Å². The van der Waals surface area contributed by atoms with Crippen molar-refractivity contribution in [1.29, 1.82) is 0 Å². The van der Waals surface area contributed by atoms with Gasteiger partial charge >= 0.3 is 0 Å². The highest BCUT2D eigenvalue weighted by atomic mass is 16.5. The molecule has 2 heterocycles. The molecule has 2 aromatic heterocycles. The van der Waals surface area contributed by atoms with Gasteiger partial charge in [-0.05, 0) is 6.72 Å². The zero-order valence-corrected chi connectivity index (χ0v) is 5.19. The Balaban J connectivity index is 2.78. The Morgan fingerprint density at radius 3 is 3.30 bits per heavy atom. The van der Waals surface area contributed by atoms with Crippen LogP contribution >= 0.6 is 0 Å². The highest BCUT2D eigenvalue weighted by Crippen LogP contribution is 2.12. The molecule has 4 nitrogen and oxygen atoms in total. The number of hydrogen-bond acceptors (Lipinski definition) is 3. The summed E-state index contributed by atoms with van der Waals surface area (Å²) in [5.41, 5.74) is 0.891. The van der Waals surface area contributed by atoms with Gasteiger partial charge in [-0.15, -0.1) is 5.10 Å². The first kappa shape index (κ1) is 5.22. The average Bonchev–Trinajstić information content (AvgIpc) is 2.42. The van der Waals surface area contributed by atoms with Gasteiger partial charge in [-0.3, -0.25) is 0 Å². The van der Waals surface area contributed by atoms with E-state index in [0.717, 1.165) is 5.52 Å². The molecule has 0 atom stereocenters. The fourth-order valence-corrected chi connectivity index (χ4v) is 0.799. The van der Waals surface area contributed by atoms with Crippen LogP contribution < -0.4 is 0 Å². The molecule has 2 rings (SSSR count). The molecule has 2 aromatic rings. The second-order valence-electron chi connectivity index (χ2n) is 1.87. The second kappa shape index (κ2) is 1.70. The Morgan fingerprint density at radius 1 is 1.70 bits per heavy atom. The van der Waals surface area contributed by atoms with Gasteiger partial charge in [0, 0.05) is 12.1 Å². The largest absolute Gasteiger partial charge is 0.365 e. The van der Waals surface area contributed by atoms with Gasteiger partial charge in [-0.25, -0.2) is 4.99 Å². The molecule has 50 valence electrons. The Kier molecular flexibility index (Phi) is 0.887. The molecular formula is C6H5N3O. The van der Waals surface area contributed by atoms with Crippen LogP contribution in [0.4, 0.5) is 5.82 Å². The van der Waals surface area contributed by atoms with E-state index in [1.807, 2.05) is 6.07 Å². The summed E-state index contributed by atoms with van der Waals surface area (Å²) in [7, 11) is 0. The summed E-state index contributed by atoms with van der Waals surface area (Å²) in [5, 5.41) is 3.91. The predicted octanol–water partition coefficient (Wildman–Crippen LogP) is 1.26. The van der Waals surface area contributed by atoms with E-state index in [0.29, 0.717) is 5.82 Å². The Bertz CT molecular complexity index is 331. The van der Waals surface area contributed by atoms with Crippen LogP contribution in [0.5, 0.6) is 0 Å².